The maximum Gasteiger partial charge on any atom is 0.338 e. The molecule has 0 fully saturated rings. The van der Waals surface area contributed by atoms with Gasteiger partial charge in [0.15, 0.2) is 5.11 Å². The van der Waals surface area contributed by atoms with Crippen molar-refractivity contribution in [2.75, 3.05) is 6.61 Å². The summed E-state index contributed by atoms with van der Waals surface area (Å²) in [6.07, 6.45) is 0. The normalized spacial score (nSPS) is 16.9. The van der Waals surface area contributed by atoms with Crippen molar-refractivity contribution in [2.24, 2.45) is 0 Å². The number of carbonyl (C=O) groups is 1. The second-order valence-electron chi connectivity index (χ2n) is 5.62. The SMILES string of the molecule is CCOC(=O)C1=C(C)NC(=S)N[C@H]1c1ccc(-c2ccc(Cl)c(Cl)c2)o1. The number of carbonyl (C=O) groups excluding carboxylic acids is 1. The predicted octanol–water partition coefficient (Wildman–Crippen LogP) is 4.61. The van der Waals surface area contributed by atoms with Gasteiger partial charge in [-0.1, -0.05) is 23.2 Å². The lowest BCUT2D eigenvalue weighted by Crippen LogP contribution is -2.45. The van der Waals surface area contributed by atoms with Gasteiger partial charge in [-0.15, -0.1) is 0 Å². The Balaban J connectivity index is 1.98. The van der Waals surface area contributed by atoms with Gasteiger partial charge in [0.05, 0.1) is 22.2 Å². The Morgan fingerprint density at radius 1 is 1.27 bits per heavy atom. The standard InChI is InChI=1S/C18H16Cl2N2O3S/c1-3-24-17(23)15-9(2)21-18(26)22-16(15)14-7-6-13(25-14)10-4-5-11(19)12(20)8-10/h4-8,16H,3H2,1-2H3,(H2,21,22,26)/t16-/m0/s1. The third kappa shape index (κ3) is 3.72. The van der Waals surface area contributed by atoms with Crippen molar-refractivity contribution in [3.8, 4) is 11.3 Å². The fourth-order valence-electron chi connectivity index (χ4n) is 2.70. The van der Waals surface area contributed by atoms with E-state index in [2.05, 4.69) is 10.6 Å². The summed E-state index contributed by atoms with van der Waals surface area (Å²) >= 11 is 17.2. The number of thiocarbonyl (C=S) groups is 1. The third-order valence-electron chi connectivity index (χ3n) is 3.88. The van der Waals surface area contributed by atoms with Crippen LogP contribution in [0.15, 0.2) is 46.0 Å². The molecule has 2 heterocycles. The highest BCUT2D eigenvalue weighted by atomic mass is 35.5. The molecule has 1 aliphatic heterocycles. The lowest BCUT2D eigenvalue weighted by Gasteiger charge is -2.28. The topological polar surface area (TPSA) is 63.5 Å². The van der Waals surface area contributed by atoms with Crippen LogP contribution in [0.1, 0.15) is 25.6 Å². The number of hydrogen-bond donors (Lipinski definition) is 2. The first-order valence-corrected chi connectivity index (χ1v) is 9.07. The summed E-state index contributed by atoms with van der Waals surface area (Å²) in [6, 6.07) is 8.29. The highest BCUT2D eigenvalue weighted by molar-refractivity contribution is 7.80. The van der Waals surface area contributed by atoms with E-state index in [1.807, 2.05) is 6.07 Å². The Bertz CT molecular complexity index is 908. The molecule has 3 rings (SSSR count). The molecular formula is C18H16Cl2N2O3S. The third-order valence-corrected chi connectivity index (χ3v) is 4.84. The van der Waals surface area contributed by atoms with Crippen LogP contribution in [0.4, 0.5) is 0 Å². The van der Waals surface area contributed by atoms with Crippen LogP contribution in [0.25, 0.3) is 11.3 Å². The van der Waals surface area contributed by atoms with E-state index < -0.39 is 12.0 Å². The van der Waals surface area contributed by atoms with Crippen molar-refractivity contribution in [1.29, 1.82) is 0 Å². The monoisotopic (exact) mass is 410 g/mol. The molecule has 0 saturated heterocycles. The van der Waals surface area contributed by atoms with Gasteiger partial charge in [0.25, 0.3) is 0 Å². The molecule has 0 spiro atoms. The summed E-state index contributed by atoms with van der Waals surface area (Å²) in [6.45, 7) is 3.81. The van der Waals surface area contributed by atoms with Crippen LogP contribution in [0, 0.1) is 0 Å². The van der Waals surface area contributed by atoms with E-state index in [1.165, 1.54) is 0 Å². The lowest BCUT2D eigenvalue weighted by molar-refractivity contribution is -0.139. The minimum Gasteiger partial charge on any atom is -0.463 e. The number of benzene rings is 1. The summed E-state index contributed by atoms with van der Waals surface area (Å²) in [5, 5.41) is 7.32. The van der Waals surface area contributed by atoms with E-state index in [1.54, 1.807) is 38.1 Å². The van der Waals surface area contributed by atoms with Crippen molar-refractivity contribution in [3.05, 3.63) is 57.4 Å². The maximum absolute atomic E-state index is 12.4. The van der Waals surface area contributed by atoms with E-state index in [0.29, 0.717) is 37.9 Å². The van der Waals surface area contributed by atoms with Gasteiger partial charge in [-0.05, 0) is 56.4 Å². The van der Waals surface area contributed by atoms with Crippen LogP contribution < -0.4 is 10.6 Å². The second-order valence-corrected chi connectivity index (χ2v) is 6.84. The van der Waals surface area contributed by atoms with Crippen molar-refractivity contribution < 1.29 is 13.9 Å². The van der Waals surface area contributed by atoms with E-state index in [0.717, 1.165) is 5.56 Å². The molecule has 1 aromatic carbocycles. The summed E-state index contributed by atoms with van der Waals surface area (Å²) in [7, 11) is 0. The maximum atomic E-state index is 12.4. The van der Waals surface area contributed by atoms with Gasteiger partial charge in [-0.2, -0.15) is 0 Å². The fraction of sp³-hybridized carbons (Fsp3) is 0.222. The quantitative estimate of drug-likeness (QED) is 0.566. The summed E-state index contributed by atoms with van der Waals surface area (Å²) < 4.78 is 11.1. The van der Waals surface area contributed by atoms with Gasteiger partial charge in [0, 0.05) is 11.3 Å². The van der Waals surface area contributed by atoms with Gasteiger partial charge < -0.3 is 19.8 Å². The Morgan fingerprint density at radius 2 is 2.04 bits per heavy atom. The molecule has 136 valence electrons. The van der Waals surface area contributed by atoms with Crippen LogP contribution in [0.3, 0.4) is 0 Å². The number of ether oxygens (including phenoxy) is 1. The van der Waals surface area contributed by atoms with Crippen molar-refractivity contribution in [3.63, 3.8) is 0 Å². The number of halogens is 2. The molecule has 0 saturated carbocycles. The Labute approximate surface area is 166 Å². The molecule has 2 aromatic rings. The average molecular weight is 411 g/mol. The van der Waals surface area contributed by atoms with E-state index >= 15 is 0 Å². The molecule has 0 amide bonds. The molecule has 1 aromatic heterocycles. The molecule has 0 bridgehead atoms. The molecule has 5 nitrogen and oxygen atoms in total. The number of nitrogens with one attached hydrogen (secondary N) is 2. The zero-order valence-corrected chi connectivity index (χ0v) is 16.4. The largest absolute Gasteiger partial charge is 0.463 e. The zero-order valence-electron chi connectivity index (χ0n) is 14.1. The first kappa shape index (κ1) is 18.8. The molecule has 8 heteroatoms. The Kier molecular flexibility index (Phi) is 5.55. The van der Waals surface area contributed by atoms with E-state index in [4.69, 9.17) is 44.6 Å². The Hall–Kier alpha value is -2.02. The first-order chi connectivity index (χ1) is 12.4. The number of rotatable bonds is 4. The molecule has 0 unspecified atom stereocenters. The molecule has 0 radical (unpaired) electrons. The van der Waals surface area contributed by atoms with Crippen LogP contribution in [0.5, 0.6) is 0 Å². The Morgan fingerprint density at radius 3 is 2.73 bits per heavy atom. The minimum absolute atomic E-state index is 0.277. The van der Waals surface area contributed by atoms with Crippen LogP contribution in [-0.2, 0) is 9.53 Å². The van der Waals surface area contributed by atoms with Crippen molar-refractivity contribution in [1.82, 2.24) is 10.6 Å². The molecule has 26 heavy (non-hydrogen) atoms. The van der Waals surface area contributed by atoms with Gasteiger partial charge in [-0.3, -0.25) is 0 Å². The van der Waals surface area contributed by atoms with Crippen LogP contribution in [-0.4, -0.2) is 17.7 Å². The number of furan rings is 1. The van der Waals surface area contributed by atoms with Crippen molar-refractivity contribution in [2.45, 2.75) is 19.9 Å². The molecule has 1 atom stereocenters. The fourth-order valence-corrected chi connectivity index (χ4v) is 3.27. The molecule has 2 N–H and O–H groups in total. The van der Waals surface area contributed by atoms with Crippen molar-refractivity contribution >= 4 is 46.5 Å². The zero-order chi connectivity index (χ0) is 18.8. The smallest absolute Gasteiger partial charge is 0.338 e. The minimum atomic E-state index is -0.542. The lowest BCUT2D eigenvalue weighted by atomic mass is 10.0. The number of esters is 1. The van der Waals surface area contributed by atoms with E-state index in [-0.39, 0.29) is 6.61 Å². The predicted molar refractivity (Wildman–Crippen MR) is 105 cm³/mol. The van der Waals surface area contributed by atoms with Gasteiger partial charge in [0.1, 0.15) is 17.6 Å². The molecule has 1 aliphatic rings. The first-order valence-electron chi connectivity index (χ1n) is 7.91. The van der Waals surface area contributed by atoms with Gasteiger partial charge >= 0.3 is 5.97 Å². The highest BCUT2D eigenvalue weighted by Gasteiger charge is 2.33. The average Bonchev–Trinajstić information content (AvgIpc) is 3.06. The molecular weight excluding hydrogens is 395 g/mol. The van der Waals surface area contributed by atoms with Gasteiger partial charge in [-0.25, -0.2) is 4.79 Å². The van der Waals surface area contributed by atoms with Gasteiger partial charge in [0.2, 0.25) is 0 Å². The summed E-state index contributed by atoms with van der Waals surface area (Å²) in [5.74, 6) is 0.716. The summed E-state index contributed by atoms with van der Waals surface area (Å²) in [4.78, 5) is 12.4. The second kappa shape index (κ2) is 7.70. The van der Waals surface area contributed by atoms with Crippen LogP contribution in [0.2, 0.25) is 10.0 Å². The number of hydrogen-bond acceptors (Lipinski definition) is 4. The molecule has 0 aliphatic carbocycles. The highest BCUT2D eigenvalue weighted by Crippen LogP contribution is 2.34. The summed E-state index contributed by atoms with van der Waals surface area (Å²) in [5.41, 5.74) is 1.83. The van der Waals surface area contributed by atoms with Crippen LogP contribution >= 0.6 is 35.4 Å². The van der Waals surface area contributed by atoms with E-state index in [9.17, 15) is 4.79 Å². The number of allylic oxidation sites excluding steroid dienone is 1.